The number of aliphatic hydroxyl groups is 1. The molecular formula is C23H19N3O2. The van der Waals surface area contributed by atoms with Gasteiger partial charge in [-0.25, -0.2) is 4.98 Å². The number of ether oxygens (including phenoxy) is 1. The van der Waals surface area contributed by atoms with Gasteiger partial charge in [-0.05, 0) is 52.2 Å². The summed E-state index contributed by atoms with van der Waals surface area (Å²) < 4.78 is 7.14. The van der Waals surface area contributed by atoms with Crippen LogP contribution >= 0.6 is 0 Å². The summed E-state index contributed by atoms with van der Waals surface area (Å²) in [5, 5.41) is 22.9. The molecule has 0 aliphatic carbocycles. The van der Waals surface area contributed by atoms with E-state index >= 15 is 0 Å². The summed E-state index contributed by atoms with van der Waals surface area (Å²) >= 11 is 0. The highest BCUT2D eigenvalue weighted by Gasteiger charge is 2.32. The summed E-state index contributed by atoms with van der Waals surface area (Å²) in [6.45, 7) is 0.306. The number of aromatic nitrogens is 2. The van der Waals surface area contributed by atoms with E-state index in [1.807, 2.05) is 47.2 Å². The van der Waals surface area contributed by atoms with Gasteiger partial charge in [0.15, 0.2) is 0 Å². The van der Waals surface area contributed by atoms with Crippen LogP contribution in [-0.4, -0.2) is 21.8 Å². The molecule has 0 aliphatic rings. The van der Waals surface area contributed by atoms with Gasteiger partial charge in [-0.15, -0.1) is 0 Å². The first-order valence-electron chi connectivity index (χ1n) is 8.89. The van der Waals surface area contributed by atoms with Gasteiger partial charge in [0.05, 0.1) is 31.6 Å². The van der Waals surface area contributed by atoms with Crippen LogP contribution in [0, 0.1) is 11.3 Å². The van der Waals surface area contributed by atoms with E-state index in [1.165, 1.54) is 0 Å². The molecule has 0 aliphatic heterocycles. The number of fused-ring (bicyclic) bond motifs is 1. The topological polar surface area (TPSA) is 71.1 Å². The zero-order chi connectivity index (χ0) is 19.6. The van der Waals surface area contributed by atoms with Crippen molar-refractivity contribution in [1.29, 1.82) is 5.26 Å². The van der Waals surface area contributed by atoms with Gasteiger partial charge in [0.25, 0.3) is 0 Å². The Labute approximate surface area is 163 Å². The highest BCUT2D eigenvalue weighted by Crippen LogP contribution is 2.34. The zero-order valence-corrected chi connectivity index (χ0v) is 15.4. The van der Waals surface area contributed by atoms with Crippen molar-refractivity contribution in [1.82, 2.24) is 9.55 Å². The SMILES string of the molecule is COc1ccc2cc(C(O)(Cn3ccnc3)c3ccc(C#N)cc3)ccc2c1. The molecule has 28 heavy (non-hydrogen) atoms. The lowest BCUT2D eigenvalue weighted by Crippen LogP contribution is -2.32. The van der Waals surface area contributed by atoms with Gasteiger partial charge in [-0.3, -0.25) is 0 Å². The summed E-state index contributed by atoms with van der Waals surface area (Å²) in [5.41, 5.74) is 0.763. The van der Waals surface area contributed by atoms with Crippen LogP contribution in [0.4, 0.5) is 0 Å². The molecule has 0 fully saturated rings. The minimum absolute atomic E-state index is 0.306. The normalized spacial score (nSPS) is 13.0. The van der Waals surface area contributed by atoms with Crippen LogP contribution in [0.2, 0.25) is 0 Å². The van der Waals surface area contributed by atoms with Crippen LogP contribution in [-0.2, 0) is 12.1 Å². The number of nitriles is 1. The molecule has 5 nitrogen and oxygen atoms in total. The van der Waals surface area contributed by atoms with Crippen molar-refractivity contribution in [3.05, 3.63) is 96.1 Å². The largest absolute Gasteiger partial charge is 0.497 e. The van der Waals surface area contributed by atoms with Crippen molar-refractivity contribution in [2.75, 3.05) is 7.11 Å². The number of benzene rings is 3. The molecular weight excluding hydrogens is 350 g/mol. The van der Waals surface area contributed by atoms with Crippen molar-refractivity contribution >= 4 is 10.8 Å². The van der Waals surface area contributed by atoms with E-state index in [2.05, 4.69) is 11.1 Å². The maximum absolute atomic E-state index is 11.8. The van der Waals surface area contributed by atoms with Gasteiger partial charge in [0.1, 0.15) is 11.4 Å². The summed E-state index contributed by atoms with van der Waals surface area (Å²) in [6, 6.07) is 20.9. The Kier molecular flexibility index (Phi) is 4.56. The third-order valence-electron chi connectivity index (χ3n) is 4.99. The number of hydrogen-bond acceptors (Lipinski definition) is 4. The third-order valence-corrected chi connectivity index (χ3v) is 4.99. The van der Waals surface area contributed by atoms with E-state index < -0.39 is 5.60 Å². The minimum atomic E-state index is -1.27. The molecule has 4 rings (SSSR count). The van der Waals surface area contributed by atoms with E-state index in [0.29, 0.717) is 17.7 Å². The van der Waals surface area contributed by atoms with Gasteiger partial charge in [-0.2, -0.15) is 5.26 Å². The number of hydrogen-bond donors (Lipinski definition) is 1. The molecule has 1 N–H and O–H groups in total. The molecule has 1 heterocycles. The maximum atomic E-state index is 11.8. The van der Waals surface area contributed by atoms with E-state index in [1.54, 1.807) is 43.9 Å². The second-order valence-electron chi connectivity index (χ2n) is 6.71. The van der Waals surface area contributed by atoms with E-state index in [9.17, 15) is 5.11 Å². The minimum Gasteiger partial charge on any atom is -0.497 e. The van der Waals surface area contributed by atoms with Crippen LogP contribution in [0.1, 0.15) is 16.7 Å². The Balaban J connectivity index is 1.84. The molecule has 0 saturated heterocycles. The average molecular weight is 369 g/mol. The molecule has 5 heteroatoms. The van der Waals surface area contributed by atoms with Crippen molar-refractivity contribution in [2.24, 2.45) is 0 Å². The predicted octanol–water partition coefficient (Wildman–Crippen LogP) is 3.85. The van der Waals surface area contributed by atoms with Crippen LogP contribution in [0.3, 0.4) is 0 Å². The highest BCUT2D eigenvalue weighted by molar-refractivity contribution is 5.84. The summed E-state index contributed by atoms with van der Waals surface area (Å²) in [6.07, 6.45) is 5.19. The number of rotatable bonds is 5. The maximum Gasteiger partial charge on any atom is 0.132 e. The number of methoxy groups -OCH3 is 1. The second-order valence-corrected chi connectivity index (χ2v) is 6.71. The van der Waals surface area contributed by atoms with E-state index in [4.69, 9.17) is 10.00 Å². The molecule has 0 bridgehead atoms. The van der Waals surface area contributed by atoms with Gasteiger partial charge < -0.3 is 14.4 Å². The lowest BCUT2D eigenvalue weighted by molar-refractivity contribution is 0.0613. The lowest BCUT2D eigenvalue weighted by Gasteiger charge is -2.30. The van der Waals surface area contributed by atoms with Crippen LogP contribution in [0.15, 0.2) is 79.4 Å². The first kappa shape index (κ1) is 17.8. The van der Waals surface area contributed by atoms with Crippen LogP contribution in [0.5, 0.6) is 5.75 Å². The first-order chi connectivity index (χ1) is 13.6. The predicted molar refractivity (Wildman–Crippen MR) is 107 cm³/mol. The first-order valence-corrected chi connectivity index (χ1v) is 8.89. The molecule has 4 aromatic rings. The summed E-state index contributed by atoms with van der Waals surface area (Å²) in [5.74, 6) is 0.793. The Bertz CT molecular complexity index is 1140. The molecule has 0 spiro atoms. The Morgan fingerprint density at radius 2 is 1.75 bits per heavy atom. The van der Waals surface area contributed by atoms with Crippen LogP contribution in [0.25, 0.3) is 10.8 Å². The Hall–Kier alpha value is -3.62. The van der Waals surface area contributed by atoms with E-state index in [0.717, 1.165) is 22.1 Å². The third kappa shape index (κ3) is 3.22. The molecule has 0 radical (unpaired) electrons. The fourth-order valence-electron chi connectivity index (χ4n) is 3.42. The summed E-state index contributed by atoms with van der Waals surface area (Å²) in [7, 11) is 1.64. The van der Waals surface area contributed by atoms with Gasteiger partial charge >= 0.3 is 0 Å². The standard InChI is InChI=1S/C23H19N3O2/c1-28-22-9-5-18-12-21(8-4-19(18)13-22)23(27,15-26-11-10-25-16-26)20-6-2-17(14-24)3-7-20/h2-13,16,27H,15H2,1H3. The smallest absolute Gasteiger partial charge is 0.132 e. The number of nitrogens with zero attached hydrogens (tertiary/aromatic N) is 3. The molecule has 0 saturated carbocycles. The Morgan fingerprint density at radius 3 is 2.43 bits per heavy atom. The zero-order valence-electron chi connectivity index (χ0n) is 15.4. The fraction of sp³-hybridized carbons (Fsp3) is 0.130. The molecule has 1 atom stereocenters. The second kappa shape index (κ2) is 7.18. The van der Waals surface area contributed by atoms with Gasteiger partial charge in [0.2, 0.25) is 0 Å². The van der Waals surface area contributed by atoms with Gasteiger partial charge in [-0.1, -0.05) is 30.3 Å². The van der Waals surface area contributed by atoms with Crippen molar-refractivity contribution in [3.63, 3.8) is 0 Å². The monoisotopic (exact) mass is 369 g/mol. The van der Waals surface area contributed by atoms with Crippen molar-refractivity contribution < 1.29 is 9.84 Å². The molecule has 3 aromatic carbocycles. The lowest BCUT2D eigenvalue weighted by atomic mass is 9.84. The molecule has 0 amide bonds. The summed E-state index contributed by atoms with van der Waals surface area (Å²) in [4.78, 5) is 4.08. The molecule has 1 aromatic heterocycles. The number of imidazole rings is 1. The quantitative estimate of drug-likeness (QED) is 0.580. The molecule has 1 unspecified atom stereocenters. The van der Waals surface area contributed by atoms with Crippen molar-refractivity contribution in [2.45, 2.75) is 12.1 Å². The fourth-order valence-corrected chi connectivity index (χ4v) is 3.42. The Morgan fingerprint density at radius 1 is 1.04 bits per heavy atom. The van der Waals surface area contributed by atoms with E-state index in [-0.39, 0.29) is 0 Å². The van der Waals surface area contributed by atoms with Crippen LogP contribution < -0.4 is 4.74 Å². The van der Waals surface area contributed by atoms with Gasteiger partial charge in [0, 0.05) is 12.4 Å². The average Bonchev–Trinajstić information content (AvgIpc) is 3.25. The van der Waals surface area contributed by atoms with Crippen molar-refractivity contribution in [3.8, 4) is 11.8 Å². The highest BCUT2D eigenvalue weighted by atomic mass is 16.5. The molecule has 138 valence electrons.